The van der Waals surface area contributed by atoms with Crippen molar-refractivity contribution in [2.24, 2.45) is 0 Å². The number of nitrogens with zero attached hydrogens (tertiary/aromatic N) is 1. The molecular weight excluding hydrogens is 390 g/mol. The Morgan fingerprint density at radius 1 is 1.14 bits per heavy atom. The third-order valence-electron chi connectivity index (χ3n) is 5.50. The first-order valence-electron chi connectivity index (χ1n) is 9.67. The lowest BCUT2D eigenvalue weighted by Gasteiger charge is -2.34. The molecule has 7 nitrogen and oxygen atoms in total. The van der Waals surface area contributed by atoms with Crippen LogP contribution in [0.25, 0.3) is 0 Å². The fraction of sp³-hybridized carbons (Fsp3) is 0.333. The molecule has 4 rings (SSSR count). The van der Waals surface area contributed by atoms with Crippen molar-refractivity contribution in [2.45, 2.75) is 38.8 Å². The van der Waals surface area contributed by atoms with Gasteiger partial charge in [0.2, 0.25) is 21.8 Å². The summed E-state index contributed by atoms with van der Waals surface area (Å²) in [4.78, 5) is 24.6. The van der Waals surface area contributed by atoms with Crippen LogP contribution in [0, 0.1) is 0 Å². The predicted octanol–water partition coefficient (Wildman–Crippen LogP) is 2.29. The highest BCUT2D eigenvalue weighted by Crippen LogP contribution is 2.29. The van der Waals surface area contributed by atoms with Crippen molar-refractivity contribution < 1.29 is 18.0 Å². The highest BCUT2D eigenvalue weighted by Gasteiger charge is 2.38. The zero-order chi connectivity index (χ0) is 20.6. The van der Waals surface area contributed by atoms with Crippen molar-refractivity contribution in [1.29, 1.82) is 0 Å². The Hall–Kier alpha value is -2.71. The quantitative estimate of drug-likeness (QED) is 0.804. The molecule has 0 saturated carbocycles. The number of aryl methyl sites for hydroxylation is 1. The van der Waals surface area contributed by atoms with Crippen LogP contribution < -0.4 is 10.6 Å². The summed E-state index contributed by atoms with van der Waals surface area (Å²) < 4.78 is 26.6. The maximum absolute atomic E-state index is 13.1. The monoisotopic (exact) mass is 413 g/mol. The standard InChI is InChI=1S/C21H23N3O4S/c1-2-29(27,28)24-13-16-6-4-3-5-14(16)12-19(24)21(26)22-17-8-9-18-15(11-17)7-10-20(25)23-18/h3-6,8-9,11,19H,2,7,10,12-13H2,1H3,(H,22,26)(H,23,25)/t19-/m0/s1. The SMILES string of the molecule is CCS(=O)(=O)N1Cc2ccccc2C[C@H]1C(=O)Nc1ccc2c(c1)CCC(=O)N2. The van der Waals surface area contributed by atoms with Gasteiger partial charge in [-0.25, -0.2) is 8.42 Å². The Bertz CT molecular complexity index is 1080. The Labute approximate surface area is 170 Å². The summed E-state index contributed by atoms with van der Waals surface area (Å²) in [5.41, 5.74) is 4.22. The second-order valence-electron chi connectivity index (χ2n) is 7.34. The van der Waals surface area contributed by atoms with E-state index in [4.69, 9.17) is 0 Å². The van der Waals surface area contributed by atoms with E-state index < -0.39 is 16.1 Å². The minimum atomic E-state index is -3.55. The van der Waals surface area contributed by atoms with Gasteiger partial charge in [-0.05, 0) is 54.7 Å². The van der Waals surface area contributed by atoms with Crippen LogP contribution >= 0.6 is 0 Å². The van der Waals surface area contributed by atoms with Crippen molar-refractivity contribution in [2.75, 3.05) is 16.4 Å². The number of rotatable bonds is 4. The third-order valence-corrected chi connectivity index (χ3v) is 7.33. The number of anilines is 2. The zero-order valence-electron chi connectivity index (χ0n) is 16.1. The summed E-state index contributed by atoms with van der Waals surface area (Å²) in [5.74, 6) is -0.427. The van der Waals surface area contributed by atoms with Crippen molar-refractivity contribution in [3.05, 3.63) is 59.2 Å². The van der Waals surface area contributed by atoms with Crippen LogP contribution in [0.2, 0.25) is 0 Å². The minimum Gasteiger partial charge on any atom is -0.326 e. The van der Waals surface area contributed by atoms with Gasteiger partial charge < -0.3 is 10.6 Å². The van der Waals surface area contributed by atoms with E-state index in [2.05, 4.69) is 10.6 Å². The second-order valence-corrected chi connectivity index (χ2v) is 9.55. The smallest absolute Gasteiger partial charge is 0.243 e. The van der Waals surface area contributed by atoms with Gasteiger partial charge in [-0.1, -0.05) is 24.3 Å². The first kappa shape index (κ1) is 19.6. The summed E-state index contributed by atoms with van der Waals surface area (Å²) in [5, 5.41) is 5.68. The molecule has 0 aromatic heterocycles. The number of carbonyl (C=O) groups is 2. The molecule has 0 bridgehead atoms. The van der Waals surface area contributed by atoms with E-state index >= 15 is 0 Å². The molecule has 8 heteroatoms. The van der Waals surface area contributed by atoms with Gasteiger partial charge in [-0.3, -0.25) is 9.59 Å². The molecule has 29 heavy (non-hydrogen) atoms. The van der Waals surface area contributed by atoms with E-state index in [0.29, 0.717) is 24.9 Å². The lowest BCUT2D eigenvalue weighted by molar-refractivity contribution is -0.120. The molecule has 2 aromatic carbocycles. The molecule has 2 heterocycles. The van der Waals surface area contributed by atoms with E-state index in [-0.39, 0.29) is 24.1 Å². The summed E-state index contributed by atoms with van der Waals surface area (Å²) >= 11 is 0. The fourth-order valence-corrected chi connectivity index (χ4v) is 5.09. The van der Waals surface area contributed by atoms with Gasteiger partial charge in [0, 0.05) is 24.3 Å². The highest BCUT2D eigenvalue weighted by molar-refractivity contribution is 7.89. The maximum atomic E-state index is 13.1. The predicted molar refractivity (Wildman–Crippen MR) is 111 cm³/mol. The van der Waals surface area contributed by atoms with Crippen LogP contribution in [-0.4, -0.2) is 36.3 Å². The molecule has 2 amide bonds. The summed E-state index contributed by atoms with van der Waals surface area (Å²) in [7, 11) is -3.55. The average Bonchev–Trinajstić information content (AvgIpc) is 2.72. The molecule has 2 aliphatic heterocycles. The Balaban J connectivity index is 1.60. The van der Waals surface area contributed by atoms with Gasteiger partial charge in [-0.2, -0.15) is 4.31 Å². The van der Waals surface area contributed by atoms with E-state index in [1.807, 2.05) is 30.3 Å². The number of carbonyl (C=O) groups excluding carboxylic acids is 2. The summed E-state index contributed by atoms with van der Waals surface area (Å²) in [6, 6.07) is 12.1. The van der Waals surface area contributed by atoms with Crippen LogP contribution in [0.1, 0.15) is 30.0 Å². The van der Waals surface area contributed by atoms with Crippen LogP contribution in [0.15, 0.2) is 42.5 Å². The average molecular weight is 413 g/mol. The normalized spacial score (nSPS) is 19.1. The number of hydrogen-bond acceptors (Lipinski definition) is 4. The van der Waals surface area contributed by atoms with Crippen LogP contribution in [-0.2, 0) is 39.0 Å². The van der Waals surface area contributed by atoms with E-state index in [0.717, 1.165) is 22.4 Å². The number of nitrogens with one attached hydrogen (secondary N) is 2. The molecule has 0 radical (unpaired) electrons. The number of benzene rings is 2. The Kier molecular flexibility index (Phi) is 5.14. The summed E-state index contributed by atoms with van der Waals surface area (Å²) in [6.45, 7) is 1.78. The molecule has 0 spiro atoms. The van der Waals surface area contributed by atoms with Gasteiger partial charge in [0.1, 0.15) is 6.04 Å². The molecule has 2 aliphatic rings. The molecular formula is C21H23N3O4S. The molecule has 2 N–H and O–H groups in total. The van der Waals surface area contributed by atoms with Gasteiger partial charge in [-0.15, -0.1) is 0 Å². The van der Waals surface area contributed by atoms with Gasteiger partial charge >= 0.3 is 0 Å². The summed E-state index contributed by atoms with van der Waals surface area (Å²) in [6.07, 6.45) is 1.35. The van der Waals surface area contributed by atoms with Gasteiger partial charge in [0.15, 0.2) is 0 Å². The molecule has 0 fully saturated rings. The third kappa shape index (κ3) is 3.90. The van der Waals surface area contributed by atoms with Crippen LogP contribution in [0.4, 0.5) is 11.4 Å². The molecule has 2 aromatic rings. The zero-order valence-corrected chi connectivity index (χ0v) is 17.0. The van der Waals surface area contributed by atoms with Gasteiger partial charge in [0.05, 0.1) is 5.75 Å². The van der Waals surface area contributed by atoms with Crippen molar-refractivity contribution in [3.63, 3.8) is 0 Å². The number of sulfonamides is 1. The van der Waals surface area contributed by atoms with E-state index in [1.54, 1.807) is 19.1 Å². The van der Waals surface area contributed by atoms with E-state index in [9.17, 15) is 18.0 Å². The molecule has 0 saturated heterocycles. The molecule has 152 valence electrons. The number of hydrogen-bond donors (Lipinski definition) is 2. The second kappa shape index (κ2) is 7.61. The fourth-order valence-electron chi connectivity index (χ4n) is 3.87. The largest absolute Gasteiger partial charge is 0.326 e. The first-order chi connectivity index (χ1) is 13.9. The highest BCUT2D eigenvalue weighted by atomic mass is 32.2. The van der Waals surface area contributed by atoms with E-state index in [1.165, 1.54) is 4.31 Å². The van der Waals surface area contributed by atoms with Crippen molar-refractivity contribution in [1.82, 2.24) is 4.31 Å². The van der Waals surface area contributed by atoms with Crippen LogP contribution in [0.3, 0.4) is 0 Å². The molecule has 0 aliphatic carbocycles. The first-order valence-corrected chi connectivity index (χ1v) is 11.3. The van der Waals surface area contributed by atoms with Gasteiger partial charge in [0.25, 0.3) is 0 Å². The topological polar surface area (TPSA) is 95.6 Å². The Morgan fingerprint density at radius 3 is 2.66 bits per heavy atom. The van der Waals surface area contributed by atoms with Crippen molar-refractivity contribution >= 4 is 33.2 Å². The maximum Gasteiger partial charge on any atom is 0.243 e. The van der Waals surface area contributed by atoms with Crippen LogP contribution in [0.5, 0.6) is 0 Å². The van der Waals surface area contributed by atoms with Crippen molar-refractivity contribution in [3.8, 4) is 0 Å². The minimum absolute atomic E-state index is 0.0180. The number of fused-ring (bicyclic) bond motifs is 2. The molecule has 1 atom stereocenters. The molecule has 0 unspecified atom stereocenters. The Morgan fingerprint density at radius 2 is 1.90 bits per heavy atom. The lowest BCUT2D eigenvalue weighted by atomic mass is 9.95. The number of amides is 2. The lowest BCUT2D eigenvalue weighted by Crippen LogP contribution is -2.51.